The Morgan fingerprint density at radius 2 is 1.93 bits per heavy atom. The van der Waals surface area contributed by atoms with Gasteiger partial charge >= 0.3 is 0 Å². The maximum atomic E-state index is 9.97. The van der Waals surface area contributed by atoms with Gasteiger partial charge in [0.1, 0.15) is 11.9 Å². The van der Waals surface area contributed by atoms with Gasteiger partial charge in [-0.3, -0.25) is 0 Å². The molecular weight excluding hydrogens is 192 g/mol. The normalized spacial score (nSPS) is 15.6. The smallest absolute Gasteiger partial charge is 0.140 e. The van der Waals surface area contributed by atoms with Crippen molar-refractivity contribution in [3.05, 3.63) is 18.2 Å². The molecule has 0 fully saturated rings. The molecule has 1 aromatic rings. The molecule has 1 rings (SSSR count). The summed E-state index contributed by atoms with van der Waals surface area (Å²) < 4.78 is 1.73. The molecule has 86 valence electrons. The third-order valence-electron chi connectivity index (χ3n) is 2.98. The van der Waals surface area contributed by atoms with Crippen molar-refractivity contribution in [3.63, 3.8) is 0 Å². The monoisotopic (exact) mass is 212 g/mol. The third kappa shape index (κ3) is 2.58. The maximum Gasteiger partial charge on any atom is 0.140 e. The fourth-order valence-corrected chi connectivity index (χ4v) is 1.84. The predicted octanol–water partition coefficient (Wildman–Crippen LogP) is 1.25. The summed E-state index contributed by atoms with van der Waals surface area (Å²) in [5, 5.41) is 19.9. The van der Waals surface area contributed by atoms with Gasteiger partial charge < -0.3 is 14.8 Å². The molecular formula is C11H20N2O2. The maximum absolute atomic E-state index is 9.97. The number of nitrogens with zero attached hydrogens (tertiary/aromatic N) is 2. The Bertz CT molecular complexity index is 295. The highest BCUT2D eigenvalue weighted by Gasteiger charge is 2.27. The van der Waals surface area contributed by atoms with Gasteiger partial charge in [0.2, 0.25) is 0 Å². The molecule has 0 aliphatic carbocycles. The second-order valence-corrected chi connectivity index (χ2v) is 3.91. The molecule has 0 saturated heterocycles. The Labute approximate surface area is 90.6 Å². The molecule has 4 nitrogen and oxygen atoms in total. The first kappa shape index (κ1) is 12.2. The molecule has 1 heterocycles. The van der Waals surface area contributed by atoms with E-state index in [4.69, 9.17) is 0 Å². The molecule has 0 bridgehead atoms. The van der Waals surface area contributed by atoms with Crippen molar-refractivity contribution in [2.45, 2.75) is 38.9 Å². The second-order valence-electron chi connectivity index (χ2n) is 3.91. The Morgan fingerprint density at radius 3 is 2.33 bits per heavy atom. The van der Waals surface area contributed by atoms with Crippen molar-refractivity contribution in [2.24, 2.45) is 13.0 Å². The highest BCUT2D eigenvalue weighted by molar-refractivity contribution is 4.98. The molecule has 2 N–H and O–H groups in total. The van der Waals surface area contributed by atoms with E-state index in [1.807, 2.05) is 20.9 Å². The summed E-state index contributed by atoms with van der Waals surface area (Å²) in [7, 11) is 1.81. The van der Waals surface area contributed by atoms with Gasteiger partial charge in [0.15, 0.2) is 0 Å². The molecule has 0 saturated carbocycles. The summed E-state index contributed by atoms with van der Waals surface area (Å²) >= 11 is 0. The zero-order valence-corrected chi connectivity index (χ0v) is 9.59. The number of aryl methyl sites for hydroxylation is 1. The van der Waals surface area contributed by atoms with Crippen molar-refractivity contribution in [3.8, 4) is 0 Å². The van der Waals surface area contributed by atoms with Crippen molar-refractivity contribution in [1.29, 1.82) is 0 Å². The molecule has 0 aliphatic rings. The molecule has 1 aromatic heterocycles. The van der Waals surface area contributed by atoms with Crippen LogP contribution in [-0.2, 0) is 7.05 Å². The molecule has 0 spiro atoms. The molecule has 0 aromatic carbocycles. The summed E-state index contributed by atoms with van der Waals surface area (Å²) in [5.74, 6) is 0.645. The Balaban J connectivity index is 2.76. The van der Waals surface area contributed by atoms with Crippen LogP contribution in [0, 0.1) is 5.92 Å². The molecule has 15 heavy (non-hydrogen) atoms. The fourth-order valence-electron chi connectivity index (χ4n) is 1.84. The highest BCUT2D eigenvalue weighted by Crippen LogP contribution is 2.24. The van der Waals surface area contributed by atoms with Crippen LogP contribution in [0.1, 0.15) is 38.6 Å². The van der Waals surface area contributed by atoms with E-state index in [9.17, 15) is 10.2 Å². The first-order valence-corrected chi connectivity index (χ1v) is 5.45. The molecule has 0 radical (unpaired) electrons. The van der Waals surface area contributed by atoms with E-state index >= 15 is 0 Å². The fraction of sp³-hybridized carbons (Fsp3) is 0.727. The predicted molar refractivity (Wildman–Crippen MR) is 58.2 cm³/mol. The van der Waals surface area contributed by atoms with Crippen LogP contribution >= 0.6 is 0 Å². The van der Waals surface area contributed by atoms with Gasteiger partial charge in [-0.2, -0.15) is 0 Å². The Hall–Kier alpha value is -0.870. The largest absolute Gasteiger partial charge is 0.390 e. The van der Waals surface area contributed by atoms with Crippen molar-refractivity contribution >= 4 is 0 Å². The summed E-state index contributed by atoms with van der Waals surface area (Å²) in [6, 6.07) is 0. The standard InChI is InChI=1S/C11H20N2O2/c1-4-8(5-2)9(14)10(15)11-12-6-7-13(11)3/h6-10,14-15H,4-5H2,1-3H3. The van der Waals surface area contributed by atoms with Crippen molar-refractivity contribution < 1.29 is 10.2 Å². The van der Waals surface area contributed by atoms with Crippen LogP contribution < -0.4 is 0 Å². The summed E-state index contributed by atoms with van der Waals surface area (Å²) in [5.41, 5.74) is 0. The van der Waals surface area contributed by atoms with E-state index in [0.29, 0.717) is 5.82 Å². The lowest BCUT2D eigenvalue weighted by Gasteiger charge is -2.24. The van der Waals surface area contributed by atoms with Gasteiger partial charge in [0.25, 0.3) is 0 Å². The molecule has 0 aliphatic heterocycles. The lowest BCUT2D eigenvalue weighted by Crippen LogP contribution is -2.28. The van der Waals surface area contributed by atoms with Gasteiger partial charge in [-0.05, 0) is 5.92 Å². The number of hydrogen-bond acceptors (Lipinski definition) is 3. The van der Waals surface area contributed by atoms with Gasteiger partial charge in [-0.1, -0.05) is 26.7 Å². The van der Waals surface area contributed by atoms with Gasteiger partial charge in [0.05, 0.1) is 6.10 Å². The van der Waals surface area contributed by atoms with Crippen LogP contribution in [0.15, 0.2) is 12.4 Å². The number of hydrogen-bond donors (Lipinski definition) is 2. The Morgan fingerprint density at radius 1 is 1.33 bits per heavy atom. The van der Waals surface area contributed by atoms with Crippen LogP contribution in [0.5, 0.6) is 0 Å². The molecule has 0 amide bonds. The Kier molecular flexibility index (Phi) is 4.29. The summed E-state index contributed by atoms with van der Waals surface area (Å²) in [6.07, 6.45) is 3.48. The minimum Gasteiger partial charge on any atom is -0.390 e. The van der Waals surface area contributed by atoms with E-state index < -0.39 is 12.2 Å². The topological polar surface area (TPSA) is 58.3 Å². The van der Waals surface area contributed by atoms with Gasteiger partial charge in [-0.25, -0.2) is 4.98 Å². The summed E-state index contributed by atoms with van der Waals surface area (Å²) in [6.45, 7) is 4.03. The van der Waals surface area contributed by atoms with Gasteiger partial charge in [0, 0.05) is 19.4 Å². The van der Waals surface area contributed by atoms with Crippen LogP contribution in [0.2, 0.25) is 0 Å². The number of aliphatic hydroxyl groups excluding tert-OH is 2. The first-order chi connectivity index (χ1) is 7.11. The van der Waals surface area contributed by atoms with Crippen molar-refractivity contribution in [2.75, 3.05) is 0 Å². The zero-order valence-electron chi connectivity index (χ0n) is 9.59. The van der Waals surface area contributed by atoms with Crippen molar-refractivity contribution in [1.82, 2.24) is 9.55 Å². The van der Waals surface area contributed by atoms with Gasteiger partial charge in [-0.15, -0.1) is 0 Å². The zero-order chi connectivity index (χ0) is 11.4. The number of aromatic nitrogens is 2. The first-order valence-electron chi connectivity index (χ1n) is 5.45. The molecule has 4 heteroatoms. The third-order valence-corrected chi connectivity index (χ3v) is 2.98. The minimum absolute atomic E-state index is 0.122. The number of imidazole rings is 1. The van der Waals surface area contributed by atoms with Crippen LogP contribution in [0.25, 0.3) is 0 Å². The number of aliphatic hydroxyl groups is 2. The molecule has 2 unspecified atom stereocenters. The van der Waals surface area contributed by atoms with E-state index in [2.05, 4.69) is 4.98 Å². The van der Waals surface area contributed by atoms with E-state index in [1.165, 1.54) is 0 Å². The van der Waals surface area contributed by atoms with E-state index in [1.54, 1.807) is 17.0 Å². The van der Waals surface area contributed by atoms with Crippen LogP contribution in [0.3, 0.4) is 0 Å². The lowest BCUT2D eigenvalue weighted by atomic mass is 9.92. The van der Waals surface area contributed by atoms with E-state index in [-0.39, 0.29) is 5.92 Å². The average molecular weight is 212 g/mol. The summed E-state index contributed by atoms with van der Waals surface area (Å²) in [4.78, 5) is 4.04. The number of rotatable bonds is 5. The van der Waals surface area contributed by atoms with Crippen LogP contribution in [-0.4, -0.2) is 25.9 Å². The molecule has 2 atom stereocenters. The average Bonchev–Trinajstić information content (AvgIpc) is 2.65. The van der Waals surface area contributed by atoms with Crippen LogP contribution in [0.4, 0.5) is 0 Å². The highest BCUT2D eigenvalue weighted by atomic mass is 16.3. The lowest BCUT2D eigenvalue weighted by molar-refractivity contribution is -0.0265. The second kappa shape index (κ2) is 5.28. The SMILES string of the molecule is CCC(CC)C(O)C(O)c1nccn1C. The minimum atomic E-state index is -0.894. The van der Waals surface area contributed by atoms with E-state index in [0.717, 1.165) is 12.8 Å². The quantitative estimate of drug-likeness (QED) is 0.772.